The van der Waals surface area contributed by atoms with Gasteiger partial charge in [0.1, 0.15) is 18.3 Å². The minimum Gasteiger partial charge on any atom is -0.611 e. The van der Waals surface area contributed by atoms with Gasteiger partial charge in [0.05, 0.1) is 24.4 Å². The lowest BCUT2D eigenvalue weighted by Crippen LogP contribution is -3.22. The molecule has 9 nitrogen and oxygen atoms in total. The molecule has 2 unspecified atom stereocenters. The molecule has 2 aromatic rings. The van der Waals surface area contributed by atoms with Crippen molar-refractivity contribution >= 4 is 24.3 Å². The maximum Gasteiger partial charge on any atom is 0.530 e. The van der Waals surface area contributed by atoms with Crippen LogP contribution in [0.25, 0.3) is 11.3 Å². The van der Waals surface area contributed by atoms with Gasteiger partial charge >= 0.3 is 12.7 Å². The van der Waals surface area contributed by atoms with Crippen LogP contribution < -0.4 is 10.1 Å². The van der Waals surface area contributed by atoms with E-state index in [9.17, 15) is 19.5 Å². The Morgan fingerprint density at radius 1 is 1.16 bits per heavy atom. The lowest BCUT2D eigenvalue weighted by molar-refractivity contribution is -0.807. The van der Waals surface area contributed by atoms with E-state index in [0.29, 0.717) is 18.7 Å². The van der Waals surface area contributed by atoms with Crippen LogP contribution in [0, 0.1) is 5.92 Å². The number of nitrogens with zero attached hydrogens (tertiary/aromatic N) is 1. The number of aliphatic hydroxyl groups is 1. The molecule has 2 aliphatic heterocycles. The third-order valence-corrected chi connectivity index (χ3v) is 7.42. The van der Waals surface area contributed by atoms with E-state index < -0.39 is 24.7 Å². The number of nitrogens with one attached hydrogen (secondary N) is 2. The minimum atomic E-state index is -2.06. The molecular formula is C27H36BN3O6. The summed E-state index contributed by atoms with van der Waals surface area (Å²) in [7, 11) is 0. The van der Waals surface area contributed by atoms with Gasteiger partial charge in [0, 0.05) is 5.56 Å². The molecule has 3 N–H and O–H groups in total. The average Bonchev–Trinajstić information content (AvgIpc) is 3.37. The third kappa shape index (κ3) is 5.76. The zero-order valence-electron chi connectivity index (χ0n) is 21.8. The number of aliphatic hydroxyl groups excluding tert-OH is 1. The number of hydrogen-bond donors (Lipinski definition) is 3. The normalized spacial score (nSPS) is 25.3. The zero-order chi connectivity index (χ0) is 26.7. The molecule has 0 saturated carbocycles. The van der Waals surface area contributed by atoms with Crippen LogP contribution in [0.1, 0.15) is 51.0 Å². The van der Waals surface area contributed by atoms with Crippen LogP contribution in [0.5, 0.6) is 0 Å². The van der Waals surface area contributed by atoms with E-state index in [1.807, 2.05) is 51.1 Å². The highest BCUT2D eigenvalue weighted by Crippen LogP contribution is 2.35. The van der Waals surface area contributed by atoms with E-state index in [1.165, 1.54) is 6.92 Å². The second-order valence-electron chi connectivity index (χ2n) is 10.8. The fourth-order valence-corrected chi connectivity index (χ4v) is 5.69. The molecule has 2 fully saturated rings. The number of aromatic nitrogens is 1. The maximum atomic E-state index is 13.5. The summed E-state index contributed by atoms with van der Waals surface area (Å²) in [5.41, 5.74) is 1.64. The van der Waals surface area contributed by atoms with E-state index >= 15 is 0 Å². The summed E-state index contributed by atoms with van der Waals surface area (Å²) >= 11 is 0. The SMILES string of the molecule is CC(C)C[C@H](CC(=O)[C@@H](NC(=O)c1cccc(-c2ccccc2)n1)[C@@H](C)O)[B-]12OC[C@@H](C)[NH+]1CC(=O)O2. The van der Waals surface area contributed by atoms with Crippen molar-refractivity contribution in [3.05, 3.63) is 54.2 Å². The number of hydrogen-bond acceptors (Lipinski definition) is 7. The Labute approximate surface area is 217 Å². The van der Waals surface area contributed by atoms with Crippen molar-refractivity contribution in [1.82, 2.24) is 10.3 Å². The van der Waals surface area contributed by atoms with Gasteiger partial charge in [0.15, 0.2) is 5.78 Å². The lowest BCUT2D eigenvalue weighted by Gasteiger charge is -2.39. The summed E-state index contributed by atoms with van der Waals surface area (Å²) in [5.74, 6) is -1.36. The highest BCUT2D eigenvalue weighted by Gasteiger charge is 2.61. The molecule has 6 atom stereocenters. The molecule has 1 aromatic heterocycles. The highest BCUT2D eigenvalue weighted by atomic mass is 16.7. The largest absolute Gasteiger partial charge is 0.611 e. The van der Waals surface area contributed by atoms with E-state index in [1.54, 1.807) is 18.2 Å². The number of rotatable bonds is 10. The van der Waals surface area contributed by atoms with Gasteiger partial charge < -0.3 is 24.5 Å². The molecule has 198 valence electrons. The van der Waals surface area contributed by atoms with Crippen molar-refractivity contribution in [2.45, 2.75) is 64.5 Å². The van der Waals surface area contributed by atoms with Crippen LogP contribution in [-0.2, 0) is 18.9 Å². The summed E-state index contributed by atoms with van der Waals surface area (Å²) in [6.07, 6.45) is -0.512. The quantitative estimate of drug-likeness (QED) is 0.415. The van der Waals surface area contributed by atoms with Gasteiger partial charge in [-0.25, -0.2) is 4.98 Å². The Kier molecular flexibility index (Phi) is 8.11. The topological polar surface area (TPSA) is 119 Å². The molecule has 2 saturated heterocycles. The number of Topliss-reactive ketones (excluding diaryl/α,β-unsaturated/α-hetero) is 1. The summed E-state index contributed by atoms with van der Waals surface area (Å²) in [6, 6.07) is 13.5. The van der Waals surface area contributed by atoms with Gasteiger partial charge in [-0.2, -0.15) is 0 Å². The number of quaternary nitrogens is 1. The molecule has 0 aliphatic carbocycles. The van der Waals surface area contributed by atoms with Crippen LogP contribution >= 0.6 is 0 Å². The first kappa shape index (κ1) is 27.0. The van der Waals surface area contributed by atoms with E-state index in [-0.39, 0.29) is 48.2 Å². The fraction of sp³-hybridized carbons (Fsp3) is 0.481. The molecule has 4 rings (SSSR count). The molecule has 3 heterocycles. The number of amides is 1. The van der Waals surface area contributed by atoms with Crippen molar-refractivity contribution in [3.63, 3.8) is 0 Å². The summed E-state index contributed by atoms with van der Waals surface area (Å²) in [4.78, 5) is 44.3. The number of ketones is 1. The van der Waals surface area contributed by atoms with Gasteiger partial charge in [0.25, 0.3) is 5.91 Å². The van der Waals surface area contributed by atoms with E-state index in [2.05, 4.69) is 10.3 Å². The van der Waals surface area contributed by atoms with Crippen LogP contribution in [0.4, 0.5) is 0 Å². The van der Waals surface area contributed by atoms with Gasteiger partial charge in [-0.05, 0) is 44.1 Å². The molecule has 37 heavy (non-hydrogen) atoms. The molecule has 2 aliphatic rings. The molecule has 1 aromatic carbocycles. The van der Waals surface area contributed by atoms with Crippen molar-refractivity contribution in [2.24, 2.45) is 5.92 Å². The maximum absolute atomic E-state index is 13.5. The van der Waals surface area contributed by atoms with Gasteiger partial charge in [0.2, 0.25) is 0 Å². The fourth-order valence-electron chi connectivity index (χ4n) is 5.69. The first-order valence-electron chi connectivity index (χ1n) is 13.0. The predicted molar refractivity (Wildman–Crippen MR) is 139 cm³/mol. The molecule has 0 spiro atoms. The molecule has 0 radical (unpaired) electrons. The van der Waals surface area contributed by atoms with Gasteiger partial charge in [-0.1, -0.05) is 56.7 Å². The van der Waals surface area contributed by atoms with Gasteiger partial charge in [-0.3, -0.25) is 14.4 Å². The predicted octanol–water partition coefficient (Wildman–Crippen LogP) is 1.40. The van der Waals surface area contributed by atoms with Crippen LogP contribution in [0.2, 0.25) is 5.82 Å². The number of pyridine rings is 1. The summed E-state index contributed by atoms with van der Waals surface area (Å²) < 4.78 is 11.9. The smallest absolute Gasteiger partial charge is 0.530 e. The summed E-state index contributed by atoms with van der Waals surface area (Å²) in [5, 5.41) is 13.2. The van der Waals surface area contributed by atoms with E-state index in [4.69, 9.17) is 9.31 Å². The van der Waals surface area contributed by atoms with Crippen LogP contribution in [0.3, 0.4) is 0 Å². The van der Waals surface area contributed by atoms with Gasteiger partial charge in [-0.15, -0.1) is 0 Å². The van der Waals surface area contributed by atoms with E-state index in [0.717, 1.165) is 10.4 Å². The highest BCUT2D eigenvalue weighted by molar-refractivity contribution is 6.64. The average molecular weight is 509 g/mol. The van der Waals surface area contributed by atoms with Crippen molar-refractivity contribution < 1.29 is 33.6 Å². The lowest BCUT2D eigenvalue weighted by atomic mass is 9.53. The van der Waals surface area contributed by atoms with Crippen molar-refractivity contribution in [3.8, 4) is 11.3 Å². The number of fused-ring (bicyclic) bond motifs is 1. The minimum absolute atomic E-state index is 0.00894. The van der Waals surface area contributed by atoms with Crippen LogP contribution in [0.15, 0.2) is 48.5 Å². The Morgan fingerprint density at radius 3 is 2.57 bits per heavy atom. The number of carbonyl (C=O) groups excluding carboxylic acids is 3. The second kappa shape index (κ2) is 11.1. The molecular weight excluding hydrogens is 473 g/mol. The number of benzene rings is 1. The number of carbonyl (C=O) groups is 3. The Balaban J connectivity index is 1.53. The molecule has 0 bridgehead atoms. The zero-order valence-corrected chi connectivity index (χ0v) is 21.8. The third-order valence-electron chi connectivity index (χ3n) is 7.42. The molecule has 1 amide bonds. The van der Waals surface area contributed by atoms with Crippen LogP contribution in [-0.4, -0.2) is 65.8 Å². The summed E-state index contributed by atoms with van der Waals surface area (Å²) in [6.45, 7) is 6.16. The second-order valence-corrected chi connectivity index (χ2v) is 10.8. The Hall–Kier alpha value is -3.08. The first-order chi connectivity index (χ1) is 17.6. The Bertz CT molecular complexity index is 1140. The molecule has 10 heteroatoms. The van der Waals surface area contributed by atoms with Crippen molar-refractivity contribution in [2.75, 3.05) is 13.2 Å². The first-order valence-corrected chi connectivity index (χ1v) is 13.0. The monoisotopic (exact) mass is 509 g/mol. The van der Waals surface area contributed by atoms with Crippen molar-refractivity contribution in [1.29, 1.82) is 0 Å². The Morgan fingerprint density at radius 2 is 1.89 bits per heavy atom. The standard InChI is InChI=1S/C27H36BN3O6/c1-17(2)13-21(28-31(15-25(34)37-28)18(3)16-36-28)14-24(33)26(19(4)32)30-27(35)23-12-8-11-22(29-23)20-9-6-5-7-10-20/h5-12,17-19,21,26,31-32H,13-16H2,1-4H3,(H,30,35)/t18-,19-,21-,26+,28?/m1/s1.